The second-order valence-corrected chi connectivity index (χ2v) is 6.75. The number of nitrogens with zero attached hydrogens (tertiary/aromatic N) is 1. The maximum atomic E-state index is 12.5. The Bertz CT molecular complexity index is 728. The lowest BCUT2D eigenvalue weighted by atomic mass is 9.79. The van der Waals surface area contributed by atoms with Gasteiger partial charge in [0.2, 0.25) is 5.91 Å². The van der Waals surface area contributed by atoms with E-state index in [4.69, 9.17) is 17.3 Å². The van der Waals surface area contributed by atoms with Crippen LogP contribution in [0.2, 0.25) is 5.02 Å². The monoisotopic (exact) mass is 328 g/mol. The van der Waals surface area contributed by atoms with Gasteiger partial charge >= 0.3 is 0 Å². The minimum atomic E-state index is -0.791. The zero-order chi connectivity index (χ0) is 16.6. The van der Waals surface area contributed by atoms with Crippen molar-refractivity contribution in [2.24, 2.45) is 5.73 Å². The van der Waals surface area contributed by atoms with E-state index >= 15 is 0 Å². The molecule has 1 amide bonds. The number of benzene rings is 2. The van der Waals surface area contributed by atoms with Crippen LogP contribution in [-0.4, -0.2) is 18.0 Å². The number of anilines is 1. The standard InChI is InChI=1S/C19H21ClN2O/c1-13(14-7-9-16(20)10-8-14)19(2,18(21)23)22-12-11-15-5-3-4-6-17(15)22/h3-10,13H,11-12H2,1-2H3,(H2,21,23). The molecule has 4 heteroatoms. The van der Waals surface area contributed by atoms with Crippen LogP contribution in [0, 0.1) is 0 Å². The fraction of sp³-hybridized carbons (Fsp3) is 0.316. The number of primary amides is 1. The molecule has 23 heavy (non-hydrogen) atoms. The van der Waals surface area contributed by atoms with E-state index < -0.39 is 5.54 Å². The first-order chi connectivity index (χ1) is 10.9. The van der Waals surface area contributed by atoms with Gasteiger partial charge in [-0.2, -0.15) is 0 Å². The highest BCUT2D eigenvalue weighted by Gasteiger charge is 2.45. The van der Waals surface area contributed by atoms with E-state index in [0.29, 0.717) is 5.02 Å². The van der Waals surface area contributed by atoms with E-state index in [1.54, 1.807) is 0 Å². The Hall–Kier alpha value is -2.00. The molecule has 2 atom stereocenters. The summed E-state index contributed by atoms with van der Waals surface area (Å²) in [5, 5.41) is 0.688. The van der Waals surface area contributed by atoms with Crippen molar-refractivity contribution >= 4 is 23.2 Å². The molecule has 0 fully saturated rings. The number of carbonyl (C=O) groups is 1. The van der Waals surface area contributed by atoms with Crippen LogP contribution >= 0.6 is 11.6 Å². The molecule has 0 saturated carbocycles. The number of rotatable bonds is 4. The molecule has 0 bridgehead atoms. The molecule has 0 saturated heterocycles. The van der Waals surface area contributed by atoms with Gasteiger partial charge in [-0.05, 0) is 42.7 Å². The maximum Gasteiger partial charge on any atom is 0.243 e. The lowest BCUT2D eigenvalue weighted by Crippen LogP contribution is -2.58. The first-order valence-corrected chi connectivity index (χ1v) is 8.23. The predicted octanol–water partition coefficient (Wildman–Crippen LogP) is 3.75. The number of hydrogen-bond donors (Lipinski definition) is 1. The summed E-state index contributed by atoms with van der Waals surface area (Å²) < 4.78 is 0. The van der Waals surface area contributed by atoms with Gasteiger partial charge in [0.25, 0.3) is 0 Å². The van der Waals surface area contributed by atoms with Gasteiger partial charge in [0.05, 0.1) is 0 Å². The molecular weight excluding hydrogens is 308 g/mol. The lowest BCUT2D eigenvalue weighted by Gasteiger charge is -2.43. The molecule has 1 heterocycles. The summed E-state index contributed by atoms with van der Waals surface area (Å²) >= 11 is 5.99. The van der Waals surface area contributed by atoms with Gasteiger partial charge < -0.3 is 10.6 Å². The van der Waals surface area contributed by atoms with Crippen LogP contribution in [0.3, 0.4) is 0 Å². The Morgan fingerprint density at radius 3 is 2.52 bits per heavy atom. The maximum absolute atomic E-state index is 12.5. The third-order valence-electron chi connectivity index (χ3n) is 5.16. The van der Waals surface area contributed by atoms with E-state index in [-0.39, 0.29) is 11.8 Å². The van der Waals surface area contributed by atoms with E-state index in [1.165, 1.54) is 5.56 Å². The minimum absolute atomic E-state index is 0.0524. The van der Waals surface area contributed by atoms with Crippen molar-refractivity contribution in [2.45, 2.75) is 31.7 Å². The van der Waals surface area contributed by atoms with Crippen molar-refractivity contribution in [1.82, 2.24) is 0 Å². The van der Waals surface area contributed by atoms with Crippen LogP contribution in [0.1, 0.15) is 30.9 Å². The Balaban J connectivity index is 2.04. The zero-order valence-corrected chi connectivity index (χ0v) is 14.2. The summed E-state index contributed by atoms with van der Waals surface area (Å²) in [4.78, 5) is 14.6. The van der Waals surface area contributed by atoms with Gasteiger partial charge in [0.1, 0.15) is 5.54 Å². The van der Waals surface area contributed by atoms with Crippen LogP contribution < -0.4 is 10.6 Å². The average Bonchev–Trinajstić information content (AvgIpc) is 2.98. The Morgan fingerprint density at radius 2 is 1.87 bits per heavy atom. The number of carbonyl (C=O) groups excluding carboxylic acids is 1. The summed E-state index contributed by atoms with van der Waals surface area (Å²) in [6.45, 7) is 4.79. The molecular formula is C19H21ClN2O. The predicted molar refractivity (Wildman–Crippen MR) is 95.0 cm³/mol. The molecule has 0 spiro atoms. The topological polar surface area (TPSA) is 46.3 Å². The number of halogens is 1. The van der Waals surface area contributed by atoms with Gasteiger partial charge in [-0.25, -0.2) is 0 Å². The summed E-state index contributed by atoms with van der Waals surface area (Å²) in [5.74, 6) is -0.361. The van der Waals surface area contributed by atoms with Crippen LogP contribution in [0.15, 0.2) is 48.5 Å². The van der Waals surface area contributed by atoms with Gasteiger partial charge in [-0.1, -0.05) is 48.9 Å². The fourth-order valence-corrected chi connectivity index (χ4v) is 3.60. The van der Waals surface area contributed by atoms with Crippen LogP contribution in [0.25, 0.3) is 0 Å². The molecule has 2 aromatic carbocycles. The van der Waals surface area contributed by atoms with Crippen molar-refractivity contribution in [2.75, 3.05) is 11.4 Å². The Morgan fingerprint density at radius 1 is 1.22 bits per heavy atom. The van der Waals surface area contributed by atoms with Crippen molar-refractivity contribution in [1.29, 1.82) is 0 Å². The van der Waals surface area contributed by atoms with E-state index in [9.17, 15) is 4.79 Å². The van der Waals surface area contributed by atoms with Crippen molar-refractivity contribution in [3.05, 3.63) is 64.7 Å². The first kappa shape index (κ1) is 15.9. The highest BCUT2D eigenvalue weighted by molar-refractivity contribution is 6.30. The molecule has 0 radical (unpaired) electrons. The zero-order valence-electron chi connectivity index (χ0n) is 13.4. The van der Waals surface area contributed by atoms with Crippen LogP contribution in [0.4, 0.5) is 5.69 Å². The summed E-state index contributed by atoms with van der Waals surface area (Å²) in [7, 11) is 0. The van der Waals surface area contributed by atoms with E-state index in [0.717, 1.165) is 24.2 Å². The molecule has 1 aliphatic rings. The van der Waals surface area contributed by atoms with Crippen LogP contribution in [0.5, 0.6) is 0 Å². The lowest BCUT2D eigenvalue weighted by molar-refractivity contribution is -0.123. The second kappa shape index (κ2) is 5.89. The molecule has 3 nitrogen and oxygen atoms in total. The number of nitrogens with two attached hydrogens (primary N) is 1. The molecule has 2 N–H and O–H groups in total. The minimum Gasteiger partial charge on any atom is -0.368 e. The SMILES string of the molecule is CC(c1ccc(Cl)cc1)C(C)(C(N)=O)N1CCc2ccccc21. The van der Waals surface area contributed by atoms with Gasteiger partial charge in [0, 0.05) is 23.2 Å². The quantitative estimate of drug-likeness (QED) is 0.929. The molecule has 1 aliphatic heterocycles. The summed E-state index contributed by atoms with van der Waals surface area (Å²) in [5.41, 5.74) is 8.51. The molecule has 3 rings (SSSR count). The Kier molecular flexibility index (Phi) is 4.07. The molecule has 0 aromatic heterocycles. The molecule has 0 aliphatic carbocycles. The molecule has 120 valence electrons. The van der Waals surface area contributed by atoms with Crippen molar-refractivity contribution < 1.29 is 4.79 Å². The van der Waals surface area contributed by atoms with Gasteiger partial charge in [-0.3, -0.25) is 4.79 Å². The number of amides is 1. The van der Waals surface area contributed by atoms with Crippen molar-refractivity contribution in [3.63, 3.8) is 0 Å². The van der Waals surface area contributed by atoms with Gasteiger partial charge in [-0.15, -0.1) is 0 Å². The summed E-state index contributed by atoms with van der Waals surface area (Å²) in [6, 6.07) is 15.9. The highest BCUT2D eigenvalue weighted by atomic mass is 35.5. The normalized spacial score (nSPS) is 17.4. The molecule has 2 unspecified atom stereocenters. The average molecular weight is 329 g/mol. The third kappa shape index (κ3) is 2.59. The fourth-order valence-electron chi connectivity index (χ4n) is 3.48. The first-order valence-electron chi connectivity index (χ1n) is 7.85. The van der Waals surface area contributed by atoms with E-state index in [1.807, 2.05) is 43.3 Å². The molecule has 2 aromatic rings. The summed E-state index contributed by atoms with van der Waals surface area (Å²) in [6.07, 6.45) is 0.937. The van der Waals surface area contributed by atoms with Gasteiger partial charge in [0.15, 0.2) is 0 Å². The smallest absolute Gasteiger partial charge is 0.243 e. The second-order valence-electron chi connectivity index (χ2n) is 6.32. The third-order valence-corrected chi connectivity index (χ3v) is 5.41. The number of fused-ring (bicyclic) bond motifs is 1. The van der Waals surface area contributed by atoms with E-state index in [2.05, 4.69) is 24.0 Å². The highest BCUT2D eigenvalue weighted by Crippen LogP contribution is 2.40. The number of para-hydroxylation sites is 1. The Labute approximate surface area is 142 Å². The van der Waals surface area contributed by atoms with Crippen LogP contribution in [-0.2, 0) is 11.2 Å². The van der Waals surface area contributed by atoms with Crippen molar-refractivity contribution in [3.8, 4) is 0 Å². The largest absolute Gasteiger partial charge is 0.368 e. The number of hydrogen-bond acceptors (Lipinski definition) is 2.